The highest BCUT2D eigenvalue weighted by atomic mass is 79.9. The average Bonchev–Trinajstić information content (AvgIpc) is 1.77. The molecule has 0 amide bonds. The Kier molecular flexibility index (Phi) is 12.3. The molecule has 0 heterocycles. The highest BCUT2D eigenvalue weighted by molar-refractivity contribution is 9.10. The van der Waals surface area contributed by atoms with Gasteiger partial charge >= 0.3 is 0 Å². The van der Waals surface area contributed by atoms with Crippen LogP contribution in [-0.2, 0) is 0 Å². The summed E-state index contributed by atoms with van der Waals surface area (Å²) in [5.74, 6) is 0. The van der Waals surface area contributed by atoms with E-state index in [2.05, 4.69) is 28.6 Å². The van der Waals surface area contributed by atoms with Crippen molar-refractivity contribution in [2.24, 2.45) is 0 Å². The molecule has 5 heteroatoms. The number of rotatable bonds is 0. The molecule has 0 unspecified atom stereocenters. The fourth-order valence-electron chi connectivity index (χ4n) is 0.452. The molecule has 0 N–H and O–H groups in total. The number of thiol groups is 1. The Morgan fingerprint density at radius 2 is 1.45 bits per heavy atom. The predicted octanol–water partition coefficient (Wildman–Crippen LogP) is 3.20. The van der Waals surface area contributed by atoms with E-state index < -0.39 is 0 Å². The number of hydrogen-bond donors (Lipinski definition) is 1. The fourth-order valence-corrected chi connectivity index (χ4v) is 0.897. The van der Waals surface area contributed by atoms with Crippen LogP contribution in [0, 0.1) is 0 Å². The van der Waals surface area contributed by atoms with Crippen LogP contribution in [0.1, 0.15) is 0 Å². The third-order valence-corrected chi connectivity index (χ3v) is 2.24. The minimum absolute atomic E-state index is 0. The Hall–Kier alpha value is -0.160. The molecule has 0 spiro atoms. The molecule has 0 aliphatic heterocycles. The van der Waals surface area contributed by atoms with Gasteiger partial charge in [-0.1, -0.05) is 12.1 Å². The molecule has 0 nitrogen and oxygen atoms in total. The van der Waals surface area contributed by atoms with E-state index in [-0.39, 0.29) is 14.1 Å². The van der Waals surface area contributed by atoms with Gasteiger partial charge in [-0.3, -0.25) is 14.1 Å². The Morgan fingerprint density at radius 1 is 1.00 bits per heavy atom. The average molecular weight is 249 g/mol. The molecule has 66 valence electrons. The molecule has 0 fully saturated rings. The van der Waals surface area contributed by atoms with E-state index in [9.17, 15) is 0 Å². The zero-order valence-corrected chi connectivity index (χ0v) is 7.84. The topological polar surface area (TPSA) is 0 Å². The molecular weight excluding hydrogens is 241 g/mol. The van der Waals surface area contributed by atoms with E-state index in [0.717, 1.165) is 9.37 Å². The van der Waals surface area contributed by atoms with E-state index in [4.69, 9.17) is 0 Å². The maximum Gasteiger partial charge on any atom is 0.0308 e. The Bertz CT molecular complexity index is 174. The van der Waals surface area contributed by atoms with Crippen molar-refractivity contribution in [1.29, 1.82) is 0 Å². The number of hydrogen-bond acceptors (Lipinski definition) is 1. The van der Waals surface area contributed by atoms with Crippen LogP contribution in [0.2, 0.25) is 0 Å². The van der Waals surface area contributed by atoms with E-state index in [1.807, 2.05) is 24.3 Å². The first-order valence-corrected chi connectivity index (χ1v) is 3.48. The largest absolute Gasteiger partial charge is 0.269 e. The van der Waals surface area contributed by atoms with E-state index in [0.29, 0.717) is 0 Å². The lowest BCUT2D eigenvalue weighted by molar-refractivity contribution is 1.11. The quantitative estimate of drug-likeness (QED) is 0.670. The summed E-state index contributed by atoms with van der Waals surface area (Å²) in [7, 11) is 0. The molecule has 0 atom stereocenters. The first kappa shape index (κ1) is 17.1. The lowest BCUT2D eigenvalue weighted by atomic mass is 10.4. The predicted molar refractivity (Wildman–Crippen MR) is 48.9 cm³/mol. The zero-order valence-electron chi connectivity index (χ0n) is 5.36. The van der Waals surface area contributed by atoms with Crippen molar-refractivity contribution >= 4 is 28.6 Å². The molecule has 1 aromatic carbocycles. The molecule has 0 saturated heterocycles. The molecule has 0 radical (unpaired) electrons. The maximum atomic E-state index is 4.15. The lowest BCUT2D eigenvalue weighted by Crippen LogP contribution is -1.64. The minimum atomic E-state index is 0. The second kappa shape index (κ2) is 7.94. The van der Waals surface area contributed by atoms with Crippen molar-refractivity contribution in [3.63, 3.8) is 0 Å². The summed E-state index contributed by atoms with van der Waals surface area (Å²) in [5, 5.41) is 0. The number of benzene rings is 1. The van der Waals surface area contributed by atoms with Gasteiger partial charge in [0.15, 0.2) is 0 Å². The summed E-state index contributed by atoms with van der Waals surface area (Å²) >= 11 is 7.47. The van der Waals surface area contributed by atoms with Crippen LogP contribution in [-0.4, -0.2) is 0 Å². The van der Waals surface area contributed by atoms with Gasteiger partial charge in [0.05, 0.1) is 0 Å². The Labute approximate surface area is 76.6 Å². The summed E-state index contributed by atoms with van der Waals surface area (Å²) in [6.07, 6.45) is 0. The summed E-state index contributed by atoms with van der Waals surface area (Å²) in [6, 6.07) is 7.81. The molecule has 0 aliphatic carbocycles. The van der Waals surface area contributed by atoms with Crippen molar-refractivity contribution in [3.05, 3.63) is 28.7 Å². The first-order valence-electron chi connectivity index (χ1n) is 2.24. The van der Waals surface area contributed by atoms with Gasteiger partial charge in [-0.25, -0.2) is 0 Å². The molecule has 1 aromatic rings. The maximum absolute atomic E-state index is 4.15. The van der Waals surface area contributed by atoms with Crippen molar-refractivity contribution in [3.8, 4) is 0 Å². The Balaban J connectivity index is -0.000000213. The summed E-state index contributed by atoms with van der Waals surface area (Å²) in [4.78, 5) is 0.979. The van der Waals surface area contributed by atoms with Gasteiger partial charge in [-0.15, -0.1) is 12.6 Å². The SMILES string of the molecule is F.F.F.Sc1ccccc1Br. The molecule has 11 heavy (non-hydrogen) atoms. The molecule has 1 rings (SSSR count). The highest BCUT2D eigenvalue weighted by Gasteiger charge is 1.87. The smallest absolute Gasteiger partial charge is 0.0308 e. The van der Waals surface area contributed by atoms with Gasteiger partial charge in [-0.2, -0.15) is 0 Å². The van der Waals surface area contributed by atoms with Crippen LogP contribution in [0.5, 0.6) is 0 Å². The van der Waals surface area contributed by atoms with Crippen molar-refractivity contribution in [1.82, 2.24) is 0 Å². The normalized spacial score (nSPS) is 6.73. The van der Waals surface area contributed by atoms with Crippen molar-refractivity contribution in [2.75, 3.05) is 0 Å². The Morgan fingerprint density at radius 3 is 1.73 bits per heavy atom. The third-order valence-electron chi connectivity index (χ3n) is 0.852. The van der Waals surface area contributed by atoms with Gasteiger partial charge in [0, 0.05) is 9.37 Å². The van der Waals surface area contributed by atoms with Crippen LogP contribution in [0.4, 0.5) is 14.1 Å². The van der Waals surface area contributed by atoms with Crippen LogP contribution in [0.15, 0.2) is 33.6 Å². The molecular formula is C6H8BrF3S. The van der Waals surface area contributed by atoms with Gasteiger partial charge in [0.2, 0.25) is 0 Å². The summed E-state index contributed by atoms with van der Waals surface area (Å²) < 4.78 is 1.04. The van der Waals surface area contributed by atoms with Crippen LogP contribution < -0.4 is 0 Å². The fraction of sp³-hybridized carbons (Fsp3) is 0. The molecule has 0 aliphatic rings. The standard InChI is InChI=1S/C6H5BrS.3FH/c7-5-3-1-2-4-6(5)8;;;/h1-4,8H;3*1H. The zero-order chi connectivity index (χ0) is 5.98. The minimum Gasteiger partial charge on any atom is -0.269 e. The van der Waals surface area contributed by atoms with Crippen molar-refractivity contribution in [2.45, 2.75) is 4.90 Å². The lowest BCUT2D eigenvalue weighted by Gasteiger charge is -1.90. The van der Waals surface area contributed by atoms with Gasteiger partial charge in [0.1, 0.15) is 0 Å². The number of halogens is 4. The van der Waals surface area contributed by atoms with Crippen LogP contribution in [0.3, 0.4) is 0 Å². The monoisotopic (exact) mass is 248 g/mol. The van der Waals surface area contributed by atoms with Gasteiger partial charge in [0.25, 0.3) is 0 Å². The van der Waals surface area contributed by atoms with E-state index in [1.54, 1.807) is 0 Å². The first-order chi connectivity index (χ1) is 3.80. The second-order valence-corrected chi connectivity index (χ2v) is 2.79. The summed E-state index contributed by atoms with van der Waals surface area (Å²) in [6.45, 7) is 0. The van der Waals surface area contributed by atoms with Crippen LogP contribution >= 0.6 is 28.6 Å². The highest BCUT2D eigenvalue weighted by Crippen LogP contribution is 2.18. The molecule has 0 bridgehead atoms. The molecule has 0 aromatic heterocycles. The van der Waals surface area contributed by atoms with E-state index in [1.165, 1.54) is 0 Å². The third kappa shape index (κ3) is 5.15. The van der Waals surface area contributed by atoms with Crippen molar-refractivity contribution < 1.29 is 14.1 Å². The van der Waals surface area contributed by atoms with Crippen LogP contribution in [0.25, 0.3) is 0 Å². The second-order valence-electron chi connectivity index (χ2n) is 1.45. The van der Waals surface area contributed by atoms with Gasteiger partial charge in [-0.05, 0) is 28.1 Å². The van der Waals surface area contributed by atoms with E-state index >= 15 is 0 Å². The van der Waals surface area contributed by atoms with Gasteiger partial charge < -0.3 is 0 Å². The summed E-state index contributed by atoms with van der Waals surface area (Å²) in [5.41, 5.74) is 0. The molecule has 0 saturated carbocycles.